The fourth-order valence-corrected chi connectivity index (χ4v) is 2.77. The molecule has 0 aliphatic heterocycles. The van der Waals surface area contributed by atoms with Crippen LogP contribution in [-0.4, -0.2) is 15.3 Å². The summed E-state index contributed by atoms with van der Waals surface area (Å²) in [5.41, 5.74) is 0.501. The number of hydrogen-bond acceptors (Lipinski definition) is 4. The minimum atomic E-state index is -0.175. The van der Waals surface area contributed by atoms with Crippen LogP contribution in [0.3, 0.4) is 0 Å². The number of carbonyl (C=O) groups is 1. The van der Waals surface area contributed by atoms with Crippen LogP contribution in [0, 0.1) is 13.8 Å². The molecule has 100 valence electrons. The third-order valence-corrected chi connectivity index (χ3v) is 4.18. The van der Waals surface area contributed by atoms with E-state index in [4.69, 9.17) is 0 Å². The summed E-state index contributed by atoms with van der Waals surface area (Å²) in [6.45, 7) is 5.63. The van der Waals surface area contributed by atoms with Gasteiger partial charge in [0.15, 0.2) is 5.78 Å². The number of aryl methyl sites for hydroxylation is 3. The van der Waals surface area contributed by atoms with E-state index in [1.54, 1.807) is 13.8 Å². The third kappa shape index (κ3) is 2.98. The number of carbonyl (C=O) groups excluding carboxylic acids is 1. The van der Waals surface area contributed by atoms with Gasteiger partial charge in [-0.25, -0.2) is 4.98 Å². The van der Waals surface area contributed by atoms with Gasteiger partial charge in [-0.1, -0.05) is 6.92 Å². The number of ketones is 1. The molecule has 0 N–H and O–H groups in total. The highest BCUT2D eigenvalue weighted by atomic mass is 32.1. The van der Waals surface area contributed by atoms with Crippen LogP contribution in [-0.2, 0) is 13.0 Å². The third-order valence-electron chi connectivity index (χ3n) is 2.91. The molecular formula is C14H16N2O2S. The molecule has 2 aromatic rings. The Morgan fingerprint density at radius 1 is 1.37 bits per heavy atom. The van der Waals surface area contributed by atoms with Crippen molar-refractivity contribution in [2.75, 3.05) is 0 Å². The number of hydrogen-bond donors (Lipinski definition) is 0. The minimum Gasteiger partial charge on any atom is -0.291 e. The standard InChI is InChI=1S/C14H16N2O2S/c1-4-11-5-6-13(19-11)12(17)8-16-10(3)15-9(2)7-14(16)18/h5-7H,4,8H2,1-3H3. The highest BCUT2D eigenvalue weighted by Crippen LogP contribution is 2.17. The first-order valence-electron chi connectivity index (χ1n) is 6.18. The smallest absolute Gasteiger partial charge is 0.254 e. The summed E-state index contributed by atoms with van der Waals surface area (Å²) in [7, 11) is 0. The van der Waals surface area contributed by atoms with Gasteiger partial charge in [0.2, 0.25) is 0 Å². The highest BCUT2D eigenvalue weighted by Gasteiger charge is 2.12. The average molecular weight is 276 g/mol. The molecule has 0 radical (unpaired) electrons. The molecule has 0 bridgehead atoms. The van der Waals surface area contributed by atoms with Crippen LogP contribution in [0.25, 0.3) is 0 Å². The highest BCUT2D eigenvalue weighted by molar-refractivity contribution is 7.14. The summed E-state index contributed by atoms with van der Waals surface area (Å²) in [6, 6.07) is 5.24. The SMILES string of the molecule is CCc1ccc(C(=O)Cn2c(C)nc(C)cc2=O)s1. The first-order valence-corrected chi connectivity index (χ1v) is 7.00. The topological polar surface area (TPSA) is 52.0 Å². The predicted molar refractivity (Wildman–Crippen MR) is 76.0 cm³/mol. The van der Waals surface area contributed by atoms with E-state index in [0.29, 0.717) is 16.4 Å². The van der Waals surface area contributed by atoms with Crippen LogP contribution in [0.4, 0.5) is 0 Å². The van der Waals surface area contributed by atoms with Crippen LogP contribution in [0.5, 0.6) is 0 Å². The van der Waals surface area contributed by atoms with E-state index >= 15 is 0 Å². The van der Waals surface area contributed by atoms with Crippen molar-refractivity contribution in [1.29, 1.82) is 0 Å². The van der Waals surface area contributed by atoms with Gasteiger partial charge >= 0.3 is 0 Å². The number of nitrogens with zero attached hydrogens (tertiary/aromatic N) is 2. The van der Waals surface area contributed by atoms with Gasteiger partial charge < -0.3 is 0 Å². The molecule has 19 heavy (non-hydrogen) atoms. The van der Waals surface area contributed by atoms with Crippen molar-refractivity contribution in [3.8, 4) is 0 Å². The molecule has 2 heterocycles. The fraction of sp³-hybridized carbons (Fsp3) is 0.357. The lowest BCUT2D eigenvalue weighted by molar-refractivity contribution is 0.0973. The minimum absolute atomic E-state index is 0.0412. The van der Waals surface area contributed by atoms with E-state index in [0.717, 1.165) is 6.42 Å². The number of Topliss-reactive ketones (excluding diaryl/α,β-unsaturated/α-hetero) is 1. The van der Waals surface area contributed by atoms with Gasteiger partial charge in [0.1, 0.15) is 5.82 Å². The number of aromatic nitrogens is 2. The Labute approximate surface area is 115 Å². The van der Waals surface area contributed by atoms with Crippen molar-refractivity contribution >= 4 is 17.1 Å². The monoisotopic (exact) mass is 276 g/mol. The molecule has 0 aliphatic rings. The van der Waals surface area contributed by atoms with Crippen molar-refractivity contribution in [3.05, 3.63) is 49.8 Å². The quantitative estimate of drug-likeness (QED) is 0.806. The van der Waals surface area contributed by atoms with Gasteiger partial charge in [-0.3, -0.25) is 14.2 Å². The van der Waals surface area contributed by atoms with Crippen LogP contribution in [0.15, 0.2) is 23.0 Å². The molecule has 0 fully saturated rings. The molecule has 0 aromatic carbocycles. The van der Waals surface area contributed by atoms with Gasteiger partial charge in [0.05, 0.1) is 11.4 Å². The van der Waals surface area contributed by atoms with E-state index in [1.165, 1.54) is 26.8 Å². The molecule has 0 aliphatic carbocycles. The Morgan fingerprint density at radius 3 is 2.68 bits per heavy atom. The molecule has 4 nitrogen and oxygen atoms in total. The van der Waals surface area contributed by atoms with Gasteiger partial charge in [-0.2, -0.15) is 0 Å². The normalized spacial score (nSPS) is 10.7. The molecule has 0 spiro atoms. The molecule has 0 unspecified atom stereocenters. The second-order valence-electron chi connectivity index (χ2n) is 4.41. The summed E-state index contributed by atoms with van der Waals surface area (Å²) in [4.78, 5) is 30.1. The second-order valence-corrected chi connectivity index (χ2v) is 5.58. The zero-order valence-corrected chi connectivity index (χ0v) is 12.1. The van der Waals surface area contributed by atoms with Crippen molar-refractivity contribution < 1.29 is 4.79 Å². The number of rotatable bonds is 4. The van der Waals surface area contributed by atoms with E-state index in [-0.39, 0.29) is 17.9 Å². The fourth-order valence-electron chi connectivity index (χ4n) is 1.90. The van der Waals surface area contributed by atoms with Crippen molar-refractivity contribution in [3.63, 3.8) is 0 Å². The average Bonchev–Trinajstić information content (AvgIpc) is 2.82. The van der Waals surface area contributed by atoms with Crippen LogP contribution in [0.1, 0.15) is 33.0 Å². The Bertz CT molecular complexity index is 670. The van der Waals surface area contributed by atoms with Crippen molar-refractivity contribution in [1.82, 2.24) is 9.55 Å². The van der Waals surface area contributed by atoms with Crippen LogP contribution >= 0.6 is 11.3 Å². The molecule has 2 rings (SSSR count). The maximum atomic E-state index is 12.2. The Hall–Kier alpha value is -1.75. The molecule has 0 saturated heterocycles. The van der Waals surface area contributed by atoms with E-state index in [2.05, 4.69) is 11.9 Å². The van der Waals surface area contributed by atoms with E-state index < -0.39 is 0 Å². The maximum Gasteiger partial charge on any atom is 0.254 e. The summed E-state index contributed by atoms with van der Waals surface area (Å²) < 4.78 is 1.42. The van der Waals surface area contributed by atoms with Crippen molar-refractivity contribution in [2.45, 2.75) is 33.7 Å². The molecule has 0 amide bonds. The summed E-state index contributed by atoms with van der Waals surface area (Å²) >= 11 is 1.49. The largest absolute Gasteiger partial charge is 0.291 e. The van der Waals surface area contributed by atoms with Gasteiger partial charge in [-0.15, -0.1) is 11.3 Å². The van der Waals surface area contributed by atoms with Crippen LogP contribution in [0.2, 0.25) is 0 Å². The lowest BCUT2D eigenvalue weighted by Crippen LogP contribution is -2.27. The molecule has 0 atom stereocenters. The summed E-state index contributed by atoms with van der Waals surface area (Å²) in [5.74, 6) is 0.533. The lowest BCUT2D eigenvalue weighted by atomic mass is 10.3. The Kier molecular flexibility index (Phi) is 3.95. The molecule has 5 heteroatoms. The van der Waals surface area contributed by atoms with Gasteiger partial charge in [-0.05, 0) is 32.4 Å². The van der Waals surface area contributed by atoms with E-state index in [1.807, 2.05) is 12.1 Å². The van der Waals surface area contributed by atoms with Crippen molar-refractivity contribution in [2.24, 2.45) is 0 Å². The van der Waals surface area contributed by atoms with Crippen LogP contribution < -0.4 is 5.56 Å². The number of thiophene rings is 1. The van der Waals surface area contributed by atoms with Gasteiger partial charge in [0.25, 0.3) is 5.56 Å². The first-order chi connectivity index (χ1) is 9.01. The Balaban J connectivity index is 2.26. The molecule has 0 saturated carbocycles. The van der Waals surface area contributed by atoms with E-state index in [9.17, 15) is 9.59 Å². The first kappa shape index (κ1) is 13.7. The predicted octanol–water partition coefficient (Wildman–Crippen LogP) is 2.37. The molecular weight excluding hydrogens is 260 g/mol. The lowest BCUT2D eigenvalue weighted by Gasteiger charge is -2.07. The van der Waals surface area contributed by atoms with Gasteiger partial charge in [0, 0.05) is 16.6 Å². The Morgan fingerprint density at radius 2 is 2.11 bits per heavy atom. The zero-order valence-electron chi connectivity index (χ0n) is 11.3. The molecule has 2 aromatic heterocycles. The maximum absolute atomic E-state index is 12.2. The zero-order chi connectivity index (χ0) is 14.0. The second kappa shape index (κ2) is 5.48. The summed E-state index contributed by atoms with van der Waals surface area (Å²) in [5, 5.41) is 0. The summed E-state index contributed by atoms with van der Waals surface area (Å²) in [6.07, 6.45) is 0.920.